The molecule has 3 heterocycles. The van der Waals surface area contributed by atoms with Gasteiger partial charge in [-0.15, -0.1) is 5.10 Å². The Bertz CT molecular complexity index is 952. The SMILES string of the molecule is Cc1ccc(-n2nccc2NC(=O)C(=O)N[C@@H](c2ccccn2)C(C)C)nn1. The number of carbonyl (C=O) groups excluding carboxylic acids is 2. The maximum Gasteiger partial charge on any atom is 0.314 e. The van der Waals surface area contributed by atoms with Gasteiger partial charge < -0.3 is 10.6 Å². The molecule has 0 saturated heterocycles. The molecule has 2 N–H and O–H groups in total. The number of aryl methyl sites for hydroxylation is 1. The first-order valence-corrected chi connectivity index (χ1v) is 8.83. The van der Waals surface area contributed by atoms with Gasteiger partial charge in [-0.25, -0.2) is 0 Å². The van der Waals surface area contributed by atoms with E-state index in [1.165, 1.54) is 10.9 Å². The predicted octanol–water partition coefficient (Wildman–Crippen LogP) is 1.82. The molecule has 0 aliphatic rings. The van der Waals surface area contributed by atoms with Gasteiger partial charge in [0, 0.05) is 12.3 Å². The number of aromatic nitrogens is 5. The smallest absolute Gasteiger partial charge is 0.314 e. The van der Waals surface area contributed by atoms with Crippen LogP contribution in [0.1, 0.15) is 31.3 Å². The van der Waals surface area contributed by atoms with Crippen LogP contribution in [0.3, 0.4) is 0 Å². The summed E-state index contributed by atoms with van der Waals surface area (Å²) in [6, 6.07) is 10.1. The van der Waals surface area contributed by atoms with E-state index in [2.05, 4.69) is 30.9 Å². The fourth-order valence-electron chi connectivity index (χ4n) is 2.61. The highest BCUT2D eigenvalue weighted by molar-refractivity contribution is 6.39. The Balaban J connectivity index is 1.72. The van der Waals surface area contributed by atoms with Gasteiger partial charge in [0.2, 0.25) is 0 Å². The van der Waals surface area contributed by atoms with Gasteiger partial charge in [-0.1, -0.05) is 19.9 Å². The van der Waals surface area contributed by atoms with E-state index >= 15 is 0 Å². The van der Waals surface area contributed by atoms with E-state index in [0.29, 0.717) is 17.3 Å². The van der Waals surface area contributed by atoms with Gasteiger partial charge in [0.25, 0.3) is 0 Å². The van der Waals surface area contributed by atoms with Crippen molar-refractivity contribution in [2.75, 3.05) is 5.32 Å². The van der Waals surface area contributed by atoms with Gasteiger partial charge in [-0.3, -0.25) is 14.6 Å². The number of nitrogens with zero attached hydrogens (tertiary/aromatic N) is 5. The van der Waals surface area contributed by atoms with Crippen molar-refractivity contribution < 1.29 is 9.59 Å². The van der Waals surface area contributed by atoms with Crippen molar-refractivity contribution in [3.63, 3.8) is 0 Å². The molecular weight excluding hydrogens is 358 g/mol. The van der Waals surface area contributed by atoms with Crippen molar-refractivity contribution in [1.29, 1.82) is 0 Å². The van der Waals surface area contributed by atoms with Gasteiger partial charge in [-0.2, -0.15) is 14.9 Å². The van der Waals surface area contributed by atoms with Crippen LogP contribution in [0, 0.1) is 12.8 Å². The lowest BCUT2D eigenvalue weighted by atomic mass is 10.0. The maximum absolute atomic E-state index is 12.4. The second kappa shape index (κ2) is 8.38. The summed E-state index contributed by atoms with van der Waals surface area (Å²) in [5, 5.41) is 17.4. The molecule has 0 spiro atoms. The Morgan fingerprint density at radius 1 is 1.00 bits per heavy atom. The van der Waals surface area contributed by atoms with Gasteiger partial charge in [0.1, 0.15) is 5.82 Å². The Morgan fingerprint density at radius 3 is 2.46 bits per heavy atom. The summed E-state index contributed by atoms with van der Waals surface area (Å²) in [6.45, 7) is 5.71. The molecule has 3 aromatic rings. The van der Waals surface area contributed by atoms with Gasteiger partial charge >= 0.3 is 11.8 Å². The lowest BCUT2D eigenvalue weighted by Crippen LogP contribution is -2.40. The number of hydrogen-bond donors (Lipinski definition) is 2. The van der Waals surface area contributed by atoms with Gasteiger partial charge in [0.15, 0.2) is 5.82 Å². The topological polar surface area (TPSA) is 115 Å². The highest BCUT2D eigenvalue weighted by atomic mass is 16.2. The molecule has 0 radical (unpaired) electrons. The number of amides is 2. The molecule has 2 amide bonds. The summed E-state index contributed by atoms with van der Waals surface area (Å²) in [4.78, 5) is 29.1. The van der Waals surface area contributed by atoms with Gasteiger partial charge in [0.05, 0.1) is 23.6 Å². The normalized spacial score (nSPS) is 11.9. The number of rotatable bonds is 5. The molecule has 3 aromatic heterocycles. The van der Waals surface area contributed by atoms with Crippen molar-refractivity contribution >= 4 is 17.6 Å². The molecule has 9 nitrogen and oxygen atoms in total. The summed E-state index contributed by atoms with van der Waals surface area (Å²) in [5.74, 6) is -0.757. The van der Waals surface area contributed by atoms with Crippen LogP contribution in [0.2, 0.25) is 0 Å². The van der Waals surface area contributed by atoms with Crippen LogP contribution < -0.4 is 10.6 Å². The van der Waals surface area contributed by atoms with Crippen LogP contribution in [-0.4, -0.2) is 36.8 Å². The second-order valence-electron chi connectivity index (χ2n) is 6.57. The predicted molar refractivity (Wildman–Crippen MR) is 102 cm³/mol. The van der Waals surface area contributed by atoms with Crippen molar-refractivity contribution in [3.8, 4) is 5.82 Å². The minimum atomic E-state index is -0.802. The Kier molecular flexibility index (Phi) is 5.73. The first-order chi connectivity index (χ1) is 13.5. The van der Waals surface area contributed by atoms with Crippen molar-refractivity contribution in [2.45, 2.75) is 26.8 Å². The van der Waals surface area contributed by atoms with Gasteiger partial charge in [-0.05, 0) is 37.1 Å². The molecule has 28 heavy (non-hydrogen) atoms. The molecule has 144 valence electrons. The minimum absolute atomic E-state index is 0.0556. The number of nitrogens with one attached hydrogen (secondary N) is 2. The largest absolute Gasteiger partial charge is 0.339 e. The minimum Gasteiger partial charge on any atom is -0.339 e. The zero-order valence-corrected chi connectivity index (χ0v) is 15.8. The molecule has 3 rings (SSSR count). The van der Waals surface area contributed by atoms with Crippen LogP contribution in [0.4, 0.5) is 5.82 Å². The van der Waals surface area contributed by atoms with Crippen LogP contribution in [0.25, 0.3) is 5.82 Å². The van der Waals surface area contributed by atoms with E-state index in [0.717, 1.165) is 5.69 Å². The molecule has 0 aromatic carbocycles. The molecule has 0 fully saturated rings. The summed E-state index contributed by atoms with van der Waals surface area (Å²) >= 11 is 0. The maximum atomic E-state index is 12.4. The van der Waals surface area contributed by atoms with Crippen molar-refractivity contribution in [3.05, 3.63) is 60.2 Å². The molecule has 0 aliphatic heterocycles. The highest BCUT2D eigenvalue weighted by Crippen LogP contribution is 2.19. The fraction of sp³-hybridized carbons (Fsp3) is 0.263. The Morgan fingerprint density at radius 2 is 1.82 bits per heavy atom. The van der Waals surface area contributed by atoms with E-state index in [9.17, 15) is 9.59 Å². The lowest BCUT2D eigenvalue weighted by Gasteiger charge is -2.21. The summed E-state index contributed by atoms with van der Waals surface area (Å²) in [5.41, 5.74) is 1.45. The molecule has 0 saturated carbocycles. The molecule has 9 heteroatoms. The van der Waals surface area contributed by atoms with E-state index in [4.69, 9.17) is 0 Å². The highest BCUT2D eigenvalue weighted by Gasteiger charge is 2.24. The molecule has 1 atom stereocenters. The number of hydrogen-bond acceptors (Lipinski definition) is 6. The van der Waals surface area contributed by atoms with E-state index in [1.807, 2.05) is 32.9 Å². The van der Waals surface area contributed by atoms with Crippen LogP contribution in [-0.2, 0) is 9.59 Å². The van der Waals surface area contributed by atoms with Crippen LogP contribution in [0.5, 0.6) is 0 Å². The van der Waals surface area contributed by atoms with Crippen molar-refractivity contribution in [1.82, 2.24) is 30.3 Å². The Hall–Kier alpha value is -3.62. The average Bonchev–Trinajstić information content (AvgIpc) is 3.15. The summed E-state index contributed by atoms with van der Waals surface area (Å²) < 4.78 is 1.40. The number of pyridine rings is 1. The summed E-state index contributed by atoms with van der Waals surface area (Å²) in [6.07, 6.45) is 3.15. The Labute approximate surface area is 162 Å². The van der Waals surface area contributed by atoms with Crippen LogP contribution >= 0.6 is 0 Å². The second-order valence-corrected chi connectivity index (χ2v) is 6.57. The van der Waals surface area contributed by atoms with E-state index in [1.54, 1.807) is 30.5 Å². The van der Waals surface area contributed by atoms with E-state index < -0.39 is 11.8 Å². The lowest BCUT2D eigenvalue weighted by molar-refractivity contribution is -0.136. The molecule has 0 bridgehead atoms. The third-order valence-corrected chi connectivity index (χ3v) is 4.05. The standard InChI is InChI=1S/C19H21N7O2/c1-12(2)17(14-6-4-5-10-20-14)23-19(28)18(27)22-15-9-11-21-26(15)16-8-7-13(3)24-25-16/h4-12,17H,1-3H3,(H,22,27)(H,23,28)/t17-/m1/s1. The first kappa shape index (κ1) is 19.2. The average molecular weight is 379 g/mol. The quantitative estimate of drug-likeness (QED) is 0.654. The first-order valence-electron chi connectivity index (χ1n) is 8.83. The summed E-state index contributed by atoms with van der Waals surface area (Å²) in [7, 11) is 0. The zero-order valence-electron chi connectivity index (χ0n) is 15.8. The van der Waals surface area contributed by atoms with E-state index in [-0.39, 0.29) is 12.0 Å². The monoisotopic (exact) mass is 379 g/mol. The number of carbonyl (C=O) groups is 2. The molecule has 0 unspecified atom stereocenters. The zero-order chi connectivity index (χ0) is 20.1. The fourth-order valence-corrected chi connectivity index (χ4v) is 2.61. The molecule has 0 aliphatic carbocycles. The number of anilines is 1. The third-order valence-electron chi connectivity index (χ3n) is 4.05. The van der Waals surface area contributed by atoms with Crippen molar-refractivity contribution in [2.24, 2.45) is 5.92 Å². The third kappa shape index (κ3) is 4.37. The molecular formula is C19H21N7O2. The van der Waals surface area contributed by atoms with Crippen LogP contribution in [0.15, 0.2) is 48.8 Å².